The molecule has 3 rings (SSSR count). The Bertz CT molecular complexity index is 908. The Morgan fingerprint density at radius 2 is 1.78 bits per heavy atom. The van der Waals surface area contributed by atoms with Crippen molar-refractivity contribution in [3.8, 4) is 0 Å². The van der Waals surface area contributed by atoms with E-state index < -0.39 is 0 Å². The van der Waals surface area contributed by atoms with Crippen molar-refractivity contribution in [1.29, 1.82) is 0 Å². The molecule has 0 aliphatic rings. The fourth-order valence-electron chi connectivity index (χ4n) is 2.50. The smallest absolute Gasteiger partial charge is 0.251 e. The summed E-state index contributed by atoms with van der Waals surface area (Å²) < 4.78 is 2.67. The number of benzene rings is 2. The van der Waals surface area contributed by atoms with Gasteiger partial charge in [-0.3, -0.25) is 14.3 Å². The Kier molecular flexibility index (Phi) is 6.38. The van der Waals surface area contributed by atoms with Gasteiger partial charge >= 0.3 is 0 Å². The van der Waals surface area contributed by atoms with Gasteiger partial charge in [-0.05, 0) is 35.4 Å². The molecule has 0 saturated heterocycles. The van der Waals surface area contributed by atoms with Gasteiger partial charge in [-0.2, -0.15) is 5.10 Å². The van der Waals surface area contributed by atoms with E-state index in [1.165, 1.54) is 0 Å². The fraction of sp³-hybridized carbons (Fsp3) is 0.150. The lowest BCUT2D eigenvalue weighted by Crippen LogP contribution is -2.36. The summed E-state index contributed by atoms with van der Waals surface area (Å²) in [5.41, 5.74) is 2.63. The van der Waals surface area contributed by atoms with Crippen LogP contribution in [0.2, 0.25) is 0 Å². The van der Waals surface area contributed by atoms with E-state index in [4.69, 9.17) is 0 Å². The minimum absolute atomic E-state index is 0.0667. The number of hydrogen-bond donors (Lipinski definition) is 2. The Balaban J connectivity index is 1.43. The van der Waals surface area contributed by atoms with Crippen LogP contribution in [0.1, 0.15) is 21.5 Å². The summed E-state index contributed by atoms with van der Waals surface area (Å²) in [6.07, 6.45) is 3.66. The van der Waals surface area contributed by atoms with Crippen LogP contribution in [0.15, 0.2) is 71.5 Å². The third-order valence-corrected chi connectivity index (χ3v) is 4.41. The molecule has 0 aliphatic carbocycles. The van der Waals surface area contributed by atoms with E-state index >= 15 is 0 Å². The Morgan fingerprint density at radius 1 is 1.00 bits per heavy atom. The first-order chi connectivity index (χ1) is 13.1. The van der Waals surface area contributed by atoms with E-state index in [9.17, 15) is 9.59 Å². The molecule has 1 heterocycles. The van der Waals surface area contributed by atoms with Crippen LogP contribution in [-0.4, -0.2) is 28.1 Å². The molecule has 3 aromatic rings. The zero-order valence-corrected chi connectivity index (χ0v) is 16.1. The predicted octanol–water partition coefficient (Wildman–Crippen LogP) is 2.74. The second-order valence-corrected chi connectivity index (χ2v) is 6.91. The number of rotatable bonds is 7. The Hall–Kier alpha value is -2.93. The molecule has 138 valence electrons. The average Bonchev–Trinajstić information content (AvgIpc) is 3.18. The summed E-state index contributed by atoms with van der Waals surface area (Å²) in [7, 11) is 0. The van der Waals surface area contributed by atoms with Crippen LogP contribution in [-0.2, 0) is 17.9 Å². The number of halogens is 1. The molecule has 0 atom stereocenters. The highest BCUT2D eigenvalue weighted by molar-refractivity contribution is 9.10. The topological polar surface area (TPSA) is 76.0 Å². The standard InChI is InChI=1S/C20H19BrN4O2/c21-18-4-1-3-17(11-18)20(27)23-13-19(26)22-12-15-5-7-16(8-6-15)14-25-10-2-9-24-25/h1-11H,12-14H2,(H,22,26)(H,23,27). The maximum absolute atomic E-state index is 12.0. The number of amides is 2. The normalized spacial score (nSPS) is 10.4. The van der Waals surface area contributed by atoms with Crippen molar-refractivity contribution in [2.45, 2.75) is 13.1 Å². The molecule has 0 radical (unpaired) electrons. The predicted molar refractivity (Wildman–Crippen MR) is 106 cm³/mol. The number of hydrogen-bond acceptors (Lipinski definition) is 3. The number of carbonyl (C=O) groups excluding carboxylic acids is 2. The Labute approximate surface area is 165 Å². The van der Waals surface area contributed by atoms with Crippen LogP contribution in [0.5, 0.6) is 0 Å². The highest BCUT2D eigenvalue weighted by atomic mass is 79.9. The monoisotopic (exact) mass is 426 g/mol. The van der Waals surface area contributed by atoms with Crippen LogP contribution >= 0.6 is 15.9 Å². The summed E-state index contributed by atoms with van der Waals surface area (Å²) in [4.78, 5) is 24.0. The second kappa shape index (κ2) is 9.14. The van der Waals surface area contributed by atoms with Crippen LogP contribution in [0.25, 0.3) is 0 Å². The third-order valence-electron chi connectivity index (χ3n) is 3.91. The highest BCUT2D eigenvalue weighted by Gasteiger charge is 2.08. The molecule has 6 nitrogen and oxygen atoms in total. The van der Waals surface area contributed by atoms with Crippen LogP contribution in [0.3, 0.4) is 0 Å². The van der Waals surface area contributed by atoms with E-state index in [0.717, 1.165) is 15.6 Å². The van der Waals surface area contributed by atoms with Gasteiger partial charge in [-0.1, -0.05) is 46.3 Å². The fourth-order valence-corrected chi connectivity index (χ4v) is 2.90. The van der Waals surface area contributed by atoms with E-state index in [2.05, 4.69) is 31.7 Å². The van der Waals surface area contributed by atoms with Crippen molar-refractivity contribution in [1.82, 2.24) is 20.4 Å². The van der Waals surface area contributed by atoms with Crippen LogP contribution < -0.4 is 10.6 Å². The molecule has 2 aromatic carbocycles. The molecular weight excluding hydrogens is 408 g/mol. The largest absolute Gasteiger partial charge is 0.350 e. The summed E-state index contributed by atoms with van der Waals surface area (Å²) in [6, 6.07) is 16.9. The zero-order chi connectivity index (χ0) is 19.1. The van der Waals surface area contributed by atoms with Gasteiger partial charge in [0.2, 0.25) is 5.91 Å². The number of carbonyl (C=O) groups is 2. The summed E-state index contributed by atoms with van der Waals surface area (Å²) in [6.45, 7) is 1.05. The molecular formula is C20H19BrN4O2. The molecule has 0 spiro atoms. The lowest BCUT2D eigenvalue weighted by molar-refractivity contribution is -0.120. The van der Waals surface area contributed by atoms with Crippen molar-refractivity contribution < 1.29 is 9.59 Å². The lowest BCUT2D eigenvalue weighted by Gasteiger charge is -2.08. The van der Waals surface area contributed by atoms with Gasteiger partial charge in [0.25, 0.3) is 5.91 Å². The molecule has 0 unspecified atom stereocenters. The molecule has 0 fully saturated rings. The summed E-state index contributed by atoms with van der Waals surface area (Å²) >= 11 is 3.32. The van der Waals surface area contributed by atoms with E-state index in [1.807, 2.05) is 47.3 Å². The van der Waals surface area contributed by atoms with Gasteiger partial charge in [0.1, 0.15) is 0 Å². The van der Waals surface area contributed by atoms with Crippen molar-refractivity contribution in [3.63, 3.8) is 0 Å². The summed E-state index contributed by atoms with van der Waals surface area (Å²) in [5, 5.41) is 9.59. The van der Waals surface area contributed by atoms with Crippen molar-refractivity contribution in [2.75, 3.05) is 6.54 Å². The second-order valence-electron chi connectivity index (χ2n) is 5.99. The minimum atomic E-state index is -0.283. The molecule has 2 N–H and O–H groups in total. The highest BCUT2D eigenvalue weighted by Crippen LogP contribution is 2.11. The lowest BCUT2D eigenvalue weighted by atomic mass is 10.1. The molecule has 0 aliphatic heterocycles. The molecule has 27 heavy (non-hydrogen) atoms. The van der Waals surface area contributed by atoms with Crippen molar-refractivity contribution in [3.05, 3.63) is 88.2 Å². The van der Waals surface area contributed by atoms with Gasteiger partial charge in [-0.25, -0.2) is 0 Å². The van der Waals surface area contributed by atoms with Crippen LogP contribution in [0.4, 0.5) is 0 Å². The van der Waals surface area contributed by atoms with Crippen molar-refractivity contribution in [2.24, 2.45) is 0 Å². The molecule has 0 saturated carbocycles. The number of nitrogens with zero attached hydrogens (tertiary/aromatic N) is 2. The molecule has 2 amide bonds. The maximum atomic E-state index is 12.0. The van der Waals surface area contributed by atoms with E-state index in [0.29, 0.717) is 18.7 Å². The SMILES string of the molecule is O=C(CNC(=O)c1cccc(Br)c1)NCc1ccc(Cn2cccn2)cc1. The third kappa shape index (κ3) is 5.79. The molecule has 7 heteroatoms. The van der Waals surface area contributed by atoms with Gasteiger partial charge in [-0.15, -0.1) is 0 Å². The first-order valence-electron chi connectivity index (χ1n) is 8.46. The quantitative estimate of drug-likeness (QED) is 0.609. The minimum Gasteiger partial charge on any atom is -0.350 e. The van der Waals surface area contributed by atoms with Crippen molar-refractivity contribution >= 4 is 27.7 Å². The zero-order valence-electron chi connectivity index (χ0n) is 14.6. The first-order valence-corrected chi connectivity index (χ1v) is 9.25. The maximum Gasteiger partial charge on any atom is 0.251 e. The van der Waals surface area contributed by atoms with Gasteiger partial charge < -0.3 is 10.6 Å². The van der Waals surface area contributed by atoms with E-state index in [1.54, 1.807) is 24.4 Å². The molecule has 1 aromatic heterocycles. The van der Waals surface area contributed by atoms with Gasteiger partial charge in [0.05, 0.1) is 13.1 Å². The molecule has 0 bridgehead atoms. The number of aromatic nitrogens is 2. The number of nitrogens with one attached hydrogen (secondary N) is 2. The average molecular weight is 427 g/mol. The van der Waals surface area contributed by atoms with Crippen LogP contribution in [0, 0.1) is 0 Å². The van der Waals surface area contributed by atoms with E-state index in [-0.39, 0.29) is 18.4 Å². The Morgan fingerprint density at radius 3 is 2.48 bits per heavy atom. The van der Waals surface area contributed by atoms with Gasteiger partial charge in [0, 0.05) is 29.0 Å². The first kappa shape index (κ1) is 18.8. The van der Waals surface area contributed by atoms with Gasteiger partial charge in [0.15, 0.2) is 0 Å². The summed E-state index contributed by atoms with van der Waals surface area (Å²) in [5.74, 6) is -0.520.